The fourth-order valence-corrected chi connectivity index (χ4v) is 4.54. The number of nitrogens with zero attached hydrogens (tertiary/aromatic N) is 5. The van der Waals surface area contributed by atoms with E-state index < -0.39 is 0 Å². The number of carbonyl (C=O) groups excluding carboxylic acids is 1. The zero-order valence-corrected chi connectivity index (χ0v) is 15.5. The largest absolute Gasteiger partial charge is 0.345 e. The molecule has 1 fully saturated rings. The topological polar surface area (TPSA) is 56.0 Å². The molecule has 1 amide bonds. The Hall–Kier alpha value is -2.11. The number of hydrogen-bond acceptors (Lipinski definition) is 3. The van der Waals surface area contributed by atoms with Crippen LogP contribution in [0.1, 0.15) is 71.5 Å². The van der Waals surface area contributed by atoms with Gasteiger partial charge in [-0.3, -0.25) is 4.79 Å². The molecule has 25 heavy (non-hydrogen) atoms. The molecule has 0 atom stereocenters. The Balaban J connectivity index is 1.59. The molecule has 4 rings (SSSR count). The van der Waals surface area contributed by atoms with E-state index in [1.807, 2.05) is 11.8 Å². The second kappa shape index (κ2) is 6.32. The lowest BCUT2D eigenvalue weighted by molar-refractivity contribution is 0.0705. The summed E-state index contributed by atoms with van der Waals surface area (Å²) in [5.74, 6) is 1.94. The van der Waals surface area contributed by atoms with Gasteiger partial charge in [0.2, 0.25) is 0 Å². The fourth-order valence-electron chi connectivity index (χ4n) is 4.54. The van der Waals surface area contributed by atoms with Gasteiger partial charge in [-0.15, -0.1) is 10.2 Å². The Morgan fingerprint density at radius 3 is 2.60 bits per heavy atom. The zero-order valence-electron chi connectivity index (χ0n) is 15.5. The van der Waals surface area contributed by atoms with Crippen LogP contribution in [-0.2, 0) is 13.1 Å². The number of amides is 1. The molecule has 0 aromatic carbocycles. The third-order valence-corrected chi connectivity index (χ3v) is 5.88. The van der Waals surface area contributed by atoms with E-state index in [4.69, 9.17) is 0 Å². The van der Waals surface area contributed by atoms with Crippen LogP contribution in [0.4, 0.5) is 0 Å². The molecular formula is C19H27N5O. The van der Waals surface area contributed by atoms with E-state index in [0.717, 1.165) is 36.0 Å². The first-order valence-corrected chi connectivity index (χ1v) is 9.42. The molecule has 6 heteroatoms. The molecule has 3 heterocycles. The molecule has 1 saturated carbocycles. The normalized spacial score (nSPS) is 18.4. The van der Waals surface area contributed by atoms with Crippen molar-refractivity contribution < 1.29 is 4.79 Å². The Morgan fingerprint density at radius 2 is 1.84 bits per heavy atom. The summed E-state index contributed by atoms with van der Waals surface area (Å²) in [6.07, 6.45) is 6.40. The van der Waals surface area contributed by atoms with Gasteiger partial charge < -0.3 is 14.0 Å². The van der Waals surface area contributed by atoms with Crippen molar-refractivity contribution in [1.29, 1.82) is 0 Å². The highest BCUT2D eigenvalue weighted by Crippen LogP contribution is 2.32. The molecule has 2 aliphatic rings. The summed E-state index contributed by atoms with van der Waals surface area (Å²) in [5, 5.41) is 8.35. The SMILES string of the molecule is Cc1nnc2n1CCN(C(=O)c1cc(C)n(C3CCCCC3)c1C)C2. The highest BCUT2D eigenvalue weighted by molar-refractivity contribution is 5.95. The first-order chi connectivity index (χ1) is 12.1. The van der Waals surface area contributed by atoms with Gasteiger partial charge in [-0.1, -0.05) is 19.3 Å². The van der Waals surface area contributed by atoms with Crippen LogP contribution in [0.25, 0.3) is 0 Å². The van der Waals surface area contributed by atoms with E-state index in [0.29, 0.717) is 12.6 Å². The Morgan fingerprint density at radius 1 is 1.08 bits per heavy atom. The Labute approximate surface area is 148 Å². The molecule has 2 aromatic rings. The Kier molecular flexibility index (Phi) is 4.13. The van der Waals surface area contributed by atoms with Crippen LogP contribution in [0.5, 0.6) is 0 Å². The van der Waals surface area contributed by atoms with Crippen LogP contribution in [0.3, 0.4) is 0 Å². The summed E-state index contributed by atoms with van der Waals surface area (Å²) in [5.41, 5.74) is 3.19. The van der Waals surface area contributed by atoms with Crippen molar-refractivity contribution in [3.05, 3.63) is 34.7 Å². The lowest BCUT2D eigenvalue weighted by Gasteiger charge is -2.28. The van der Waals surface area contributed by atoms with E-state index in [2.05, 4.69) is 39.2 Å². The molecule has 0 bridgehead atoms. The van der Waals surface area contributed by atoms with Crippen LogP contribution in [-0.4, -0.2) is 36.7 Å². The molecule has 2 aromatic heterocycles. The first-order valence-electron chi connectivity index (χ1n) is 9.42. The lowest BCUT2D eigenvalue weighted by atomic mass is 9.95. The maximum atomic E-state index is 13.1. The zero-order chi connectivity index (χ0) is 17.6. The highest BCUT2D eigenvalue weighted by atomic mass is 16.2. The summed E-state index contributed by atoms with van der Waals surface area (Å²) < 4.78 is 4.51. The van der Waals surface area contributed by atoms with Crippen LogP contribution < -0.4 is 0 Å². The average molecular weight is 341 g/mol. The summed E-state index contributed by atoms with van der Waals surface area (Å²) in [6.45, 7) is 8.25. The third-order valence-electron chi connectivity index (χ3n) is 5.88. The molecule has 0 spiro atoms. The van der Waals surface area contributed by atoms with Gasteiger partial charge in [0.1, 0.15) is 5.82 Å². The summed E-state index contributed by atoms with van der Waals surface area (Å²) >= 11 is 0. The first kappa shape index (κ1) is 16.4. The van der Waals surface area contributed by atoms with Crippen molar-refractivity contribution >= 4 is 5.91 Å². The van der Waals surface area contributed by atoms with E-state index in [-0.39, 0.29) is 5.91 Å². The minimum Gasteiger partial charge on any atom is -0.345 e. The number of aryl methyl sites for hydroxylation is 2. The third kappa shape index (κ3) is 2.77. The van der Waals surface area contributed by atoms with E-state index in [1.165, 1.54) is 37.8 Å². The van der Waals surface area contributed by atoms with Crippen molar-refractivity contribution in [1.82, 2.24) is 24.2 Å². The quantitative estimate of drug-likeness (QED) is 0.843. The van der Waals surface area contributed by atoms with Gasteiger partial charge in [0.05, 0.1) is 12.1 Å². The highest BCUT2D eigenvalue weighted by Gasteiger charge is 2.28. The molecule has 0 N–H and O–H groups in total. The average Bonchev–Trinajstić information content (AvgIpc) is 3.14. The van der Waals surface area contributed by atoms with Crippen molar-refractivity contribution in [2.24, 2.45) is 0 Å². The standard InChI is InChI=1S/C19H27N5O/c1-13-11-17(14(2)24(13)16-7-5-4-6-8-16)19(25)22-9-10-23-15(3)20-21-18(23)12-22/h11,16H,4-10,12H2,1-3H3. The minimum absolute atomic E-state index is 0.127. The van der Waals surface area contributed by atoms with Gasteiger partial charge in [-0.25, -0.2) is 0 Å². The summed E-state index contributed by atoms with van der Waals surface area (Å²) in [6, 6.07) is 2.64. The predicted molar refractivity (Wildman–Crippen MR) is 95.5 cm³/mol. The van der Waals surface area contributed by atoms with Gasteiger partial charge in [-0.05, 0) is 39.7 Å². The van der Waals surface area contributed by atoms with Crippen molar-refractivity contribution in [3.63, 3.8) is 0 Å². The van der Waals surface area contributed by atoms with E-state index in [1.54, 1.807) is 0 Å². The molecule has 0 saturated heterocycles. The molecule has 134 valence electrons. The van der Waals surface area contributed by atoms with E-state index in [9.17, 15) is 4.79 Å². The molecular weight excluding hydrogens is 314 g/mol. The van der Waals surface area contributed by atoms with Crippen LogP contribution in [0, 0.1) is 20.8 Å². The summed E-state index contributed by atoms with van der Waals surface area (Å²) in [7, 11) is 0. The van der Waals surface area contributed by atoms with Gasteiger partial charge in [0, 0.05) is 30.5 Å². The van der Waals surface area contributed by atoms with Crippen molar-refractivity contribution in [2.45, 2.75) is 72.0 Å². The smallest absolute Gasteiger partial charge is 0.256 e. The van der Waals surface area contributed by atoms with Crippen molar-refractivity contribution in [2.75, 3.05) is 6.54 Å². The second-order valence-corrected chi connectivity index (χ2v) is 7.49. The lowest BCUT2D eigenvalue weighted by Crippen LogP contribution is -2.38. The fraction of sp³-hybridized carbons (Fsp3) is 0.632. The van der Waals surface area contributed by atoms with Crippen LogP contribution in [0.15, 0.2) is 6.07 Å². The van der Waals surface area contributed by atoms with Crippen LogP contribution in [0.2, 0.25) is 0 Å². The summed E-state index contributed by atoms with van der Waals surface area (Å²) in [4.78, 5) is 15.1. The molecule has 1 aliphatic heterocycles. The van der Waals surface area contributed by atoms with Gasteiger partial charge in [-0.2, -0.15) is 0 Å². The van der Waals surface area contributed by atoms with Gasteiger partial charge in [0.25, 0.3) is 5.91 Å². The maximum absolute atomic E-state index is 13.1. The van der Waals surface area contributed by atoms with Crippen molar-refractivity contribution in [3.8, 4) is 0 Å². The van der Waals surface area contributed by atoms with Gasteiger partial charge >= 0.3 is 0 Å². The number of carbonyl (C=O) groups is 1. The molecule has 6 nitrogen and oxygen atoms in total. The molecule has 0 unspecified atom stereocenters. The molecule has 0 radical (unpaired) electrons. The molecule has 1 aliphatic carbocycles. The number of hydrogen-bond donors (Lipinski definition) is 0. The number of aromatic nitrogens is 4. The van der Waals surface area contributed by atoms with Gasteiger partial charge in [0.15, 0.2) is 5.82 Å². The van der Waals surface area contributed by atoms with Crippen LogP contribution >= 0.6 is 0 Å². The Bertz CT molecular complexity index is 797. The monoisotopic (exact) mass is 341 g/mol. The predicted octanol–water partition coefficient (Wildman–Crippen LogP) is 3.17. The number of rotatable bonds is 2. The minimum atomic E-state index is 0.127. The maximum Gasteiger partial charge on any atom is 0.256 e. The second-order valence-electron chi connectivity index (χ2n) is 7.49. The van der Waals surface area contributed by atoms with E-state index >= 15 is 0 Å². The number of fused-ring (bicyclic) bond motifs is 1.